The number of aryl methyl sites for hydroxylation is 1. The minimum Gasteiger partial charge on any atom is -0.504 e. The lowest BCUT2D eigenvalue weighted by Crippen LogP contribution is -2.21. The second-order valence-corrected chi connectivity index (χ2v) is 6.00. The molecule has 0 bridgehead atoms. The number of phenolic OH excluding ortho intramolecular Hbond substituents is 2. The molecule has 0 radical (unpaired) electrons. The summed E-state index contributed by atoms with van der Waals surface area (Å²) in [5.74, 6) is 0.367. The summed E-state index contributed by atoms with van der Waals surface area (Å²) < 4.78 is 0. The number of fused-ring (bicyclic) bond motifs is 2. The van der Waals surface area contributed by atoms with Crippen LogP contribution >= 0.6 is 0 Å². The van der Waals surface area contributed by atoms with Crippen LogP contribution in [0.15, 0.2) is 30.3 Å². The molecule has 1 heterocycles. The van der Waals surface area contributed by atoms with Gasteiger partial charge in [0, 0.05) is 18.0 Å². The molecule has 2 aromatic rings. The van der Waals surface area contributed by atoms with E-state index in [1.54, 1.807) is 6.07 Å². The Morgan fingerprint density at radius 3 is 2.76 bits per heavy atom. The summed E-state index contributed by atoms with van der Waals surface area (Å²) >= 11 is 0. The Morgan fingerprint density at radius 1 is 1.00 bits per heavy atom. The largest absolute Gasteiger partial charge is 0.504 e. The molecule has 2 aromatic carbocycles. The third-order valence-corrected chi connectivity index (χ3v) is 4.85. The van der Waals surface area contributed by atoms with Crippen molar-refractivity contribution in [2.24, 2.45) is 0 Å². The van der Waals surface area contributed by atoms with Gasteiger partial charge in [-0.2, -0.15) is 0 Å². The van der Waals surface area contributed by atoms with Gasteiger partial charge >= 0.3 is 0 Å². The highest BCUT2D eigenvalue weighted by atomic mass is 16.3. The van der Waals surface area contributed by atoms with Crippen molar-refractivity contribution in [1.29, 1.82) is 0 Å². The van der Waals surface area contributed by atoms with E-state index in [4.69, 9.17) is 0 Å². The molecule has 3 heteroatoms. The van der Waals surface area contributed by atoms with Gasteiger partial charge in [0.1, 0.15) is 0 Å². The number of phenols is 2. The Kier molecular flexibility index (Phi) is 2.89. The highest BCUT2D eigenvalue weighted by Crippen LogP contribution is 2.44. The highest BCUT2D eigenvalue weighted by Gasteiger charge is 2.30. The lowest BCUT2D eigenvalue weighted by atomic mass is 9.84. The summed E-state index contributed by atoms with van der Waals surface area (Å²) in [6, 6.07) is 10.3. The Balaban J connectivity index is 2.01. The van der Waals surface area contributed by atoms with Gasteiger partial charge in [0.15, 0.2) is 11.5 Å². The number of rotatable bonds is 0. The van der Waals surface area contributed by atoms with Crippen molar-refractivity contribution in [3.63, 3.8) is 0 Å². The van der Waals surface area contributed by atoms with Crippen LogP contribution in [0.5, 0.6) is 11.5 Å². The van der Waals surface area contributed by atoms with Gasteiger partial charge in [-0.1, -0.05) is 24.3 Å². The number of hydrogen-bond acceptors (Lipinski definition) is 3. The molecule has 0 aromatic heterocycles. The van der Waals surface area contributed by atoms with Crippen molar-refractivity contribution < 1.29 is 10.2 Å². The Labute approximate surface area is 124 Å². The van der Waals surface area contributed by atoms with Gasteiger partial charge in [-0.3, -0.25) is 0 Å². The topological polar surface area (TPSA) is 52.5 Å². The predicted molar refractivity (Wildman–Crippen MR) is 82.0 cm³/mol. The number of hydrogen-bond donors (Lipinski definition) is 3. The van der Waals surface area contributed by atoms with Gasteiger partial charge in [-0.15, -0.1) is 0 Å². The van der Waals surface area contributed by atoms with Crippen molar-refractivity contribution in [3.05, 3.63) is 58.1 Å². The van der Waals surface area contributed by atoms with Gasteiger partial charge in [0.2, 0.25) is 0 Å². The molecule has 108 valence electrons. The first kappa shape index (κ1) is 12.7. The molecule has 1 unspecified atom stereocenters. The van der Waals surface area contributed by atoms with Crippen molar-refractivity contribution in [3.8, 4) is 11.5 Å². The lowest BCUT2D eigenvalue weighted by molar-refractivity contribution is 0.398. The molecule has 1 aliphatic heterocycles. The molecular weight excluding hydrogens is 262 g/mol. The van der Waals surface area contributed by atoms with Crippen molar-refractivity contribution in [2.75, 3.05) is 13.1 Å². The average Bonchev–Trinajstić information content (AvgIpc) is 2.79. The van der Waals surface area contributed by atoms with E-state index in [-0.39, 0.29) is 17.4 Å². The summed E-state index contributed by atoms with van der Waals surface area (Å²) in [7, 11) is 0. The fourth-order valence-corrected chi connectivity index (χ4v) is 3.88. The summed E-state index contributed by atoms with van der Waals surface area (Å²) in [6.07, 6.45) is 2.60. The molecular formula is C18H19NO2. The number of nitrogens with one attached hydrogen (secondary N) is 1. The fraction of sp³-hybridized carbons (Fsp3) is 0.333. The van der Waals surface area contributed by atoms with Crippen molar-refractivity contribution in [2.45, 2.75) is 25.2 Å². The first-order chi connectivity index (χ1) is 10.3. The van der Waals surface area contributed by atoms with Gasteiger partial charge in [0.05, 0.1) is 0 Å². The van der Waals surface area contributed by atoms with Gasteiger partial charge < -0.3 is 15.5 Å². The van der Waals surface area contributed by atoms with Crippen LogP contribution in [0.4, 0.5) is 0 Å². The summed E-state index contributed by atoms with van der Waals surface area (Å²) in [4.78, 5) is 0. The van der Waals surface area contributed by atoms with E-state index < -0.39 is 0 Å². The SMILES string of the molecule is Oc1cc2c3c(c1O)CCc1ccccc1C3CNCC2. The van der Waals surface area contributed by atoms with Gasteiger partial charge in [0.25, 0.3) is 0 Å². The minimum atomic E-state index is 0.0235. The van der Waals surface area contributed by atoms with Crippen LogP contribution in [0.3, 0.4) is 0 Å². The van der Waals surface area contributed by atoms with E-state index in [9.17, 15) is 10.2 Å². The average molecular weight is 281 g/mol. The third-order valence-electron chi connectivity index (χ3n) is 4.85. The zero-order chi connectivity index (χ0) is 14.4. The second kappa shape index (κ2) is 4.78. The Morgan fingerprint density at radius 2 is 1.86 bits per heavy atom. The predicted octanol–water partition coefficient (Wildman–Crippen LogP) is 2.47. The third kappa shape index (κ3) is 1.92. The smallest absolute Gasteiger partial charge is 0.160 e. The standard InChI is InChI=1S/C18H19NO2/c20-16-9-12-7-8-19-10-15-13-4-2-1-3-11(13)5-6-14(17(12)15)18(16)21/h1-4,9,15,19-21H,5-8,10H2. The molecule has 1 aliphatic carbocycles. The van der Waals surface area contributed by atoms with Crippen LogP contribution in [0.25, 0.3) is 0 Å². The van der Waals surface area contributed by atoms with E-state index in [1.807, 2.05) is 0 Å². The first-order valence-corrected chi connectivity index (χ1v) is 7.61. The zero-order valence-electron chi connectivity index (χ0n) is 11.9. The summed E-state index contributed by atoms with van der Waals surface area (Å²) in [6.45, 7) is 1.80. The van der Waals surface area contributed by atoms with E-state index in [0.29, 0.717) is 0 Å². The van der Waals surface area contributed by atoms with E-state index in [2.05, 4.69) is 29.6 Å². The molecule has 3 N–H and O–H groups in total. The molecule has 1 atom stereocenters. The van der Waals surface area contributed by atoms with Crippen molar-refractivity contribution in [1.82, 2.24) is 5.32 Å². The van der Waals surface area contributed by atoms with Gasteiger partial charge in [-0.25, -0.2) is 0 Å². The van der Waals surface area contributed by atoms with E-state index in [1.165, 1.54) is 22.3 Å². The molecule has 4 rings (SSSR count). The van der Waals surface area contributed by atoms with Crippen LogP contribution in [0, 0.1) is 0 Å². The molecule has 0 fully saturated rings. The molecule has 2 aliphatic rings. The van der Waals surface area contributed by atoms with Crippen LogP contribution in [-0.2, 0) is 19.3 Å². The van der Waals surface area contributed by atoms with Gasteiger partial charge in [-0.05, 0) is 54.1 Å². The van der Waals surface area contributed by atoms with Crippen LogP contribution in [0.1, 0.15) is 33.7 Å². The molecule has 0 spiro atoms. The molecule has 0 saturated carbocycles. The van der Waals surface area contributed by atoms with E-state index >= 15 is 0 Å². The van der Waals surface area contributed by atoms with Crippen LogP contribution in [0.2, 0.25) is 0 Å². The highest BCUT2D eigenvalue weighted by molar-refractivity contribution is 5.59. The van der Waals surface area contributed by atoms with E-state index in [0.717, 1.165) is 37.9 Å². The maximum Gasteiger partial charge on any atom is 0.160 e. The normalized spacial score (nSPS) is 20.1. The zero-order valence-corrected chi connectivity index (χ0v) is 11.9. The first-order valence-electron chi connectivity index (χ1n) is 7.61. The summed E-state index contributed by atoms with van der Waals surface area (Å²) in [5.41, 5.74) is 6.06. The maximum absolute atomic E-state index is 10.3. The lowest BCUT2D eigenvalue weighted by Gasteiger charge is -2.21. The molecule has 21 heavy (non-hydrogen) atoms. The summed E-state index contributed by atoms with van der Waals surface area (Å²) in [5, 5.41) is 23.9. The quantitative estimate of drug-likeness (QED) is 0.650. The maximum atomic E-state index is 10.3. The van der Waals surface area contributed by atoms with Crippen LogP contribution < -0.4 is 5.32 Å². The Bertz CT molecular complexity index is 709. The molecule has 3 nitrogen and oxygen atoms in total. The fourth-order valence-electron chi connectivity index (χ4n) is 3.88. The van der Waals surface area contributed by atoms with Crippen LogP contribution in [-0.4, -0.2) is 23.3 Å². The molecule has 0 saturated heterocycles. The monoisotopic (exact) mass is 281 g/mol. The van der Waals surface area contributed by atoms with Crippen molar-refractivity contribution >= 4 is 0 Å². The Hall–Kier alpha value is -2.00. The number of benzene rings is 2. The second-order valence-electron chi connectivity index (χ2n) is 6.00. The molecule has 0 amide bonds. The minimum absolute atomic E-state index is 0.0235. The number of aromatic hydroxyl groups is 2.